The Morgan fingerprint density at radius 1 is 1.27 bits per heavy atom. The maximum absolute atomic E-state index is 4.15. The molecule has 1 aromatic rings. The van der Waals surface area contributed by atoms with E-state index in [1.165, 1.54) is 0 Å². The lowest BCUT2D eigenvalue weighted by Crippen LogP contribution is -2.28. The van der Waals surface area contributed by atoms with Crippen molar-refractivity contribution in [1.82, 2.24) is 14.9 Å². The second-order valence-corrected chi connectivity index (χ2v) is 3.50. The number of likely N-dealkylation sites (N-methyl/N-ethyl adjacent to an activating group) is 1. The zero-order valence-electron chi connectivity index (χ0n) is 9.82. The molecule has 1 aromatic heterocycles. The third-order valence-electron chi connectivity index (χ3n) is 2.43. The van der Waals surface area contributed by atoms with Crippen LogP contribution >= 0.6 is 0 Å². The molecule has 0 aliphatic rings. The minimum Gasteiger partial charge on any atom is -0.369 e. The van der Waals surface area contributed by atoms with Crippen LogP contribution in [0.4, 0.5) is 5.82 Å². The fourth-order valence-corrected chi connectivity index (χ4v) is 1.43. The Balaban J connectivity index is 2.31. The van der Waals surface area contributed by atoms with Crippen molar-refractivity contribution in [3.05, 3.63) is 18.1 Å². The minimum absolute atomic E-state index is 0.912. The molecule has 0 fully saturated rings. The maximum atomic E-state index is 4.15. The quantitative estimate of drug-likeness (QED) is 0.770. The Kier molecular flexibility index (Phi) is 5.04. The first-order chi connectivity index (χ1) is 7.26. The molecule has 4 heteroatoms. The van der Waals surface area contributed by atoms with Crippen molar-refractivity contribution in [1.29, 1.82) is 0 Å². The van der Waals surface area contributed by atoms with Gasteiger partial charge in [0.05, 0.1) is 0 Å². The Labute approximate surface area is 91.7 Å². The highest BCUT2D eigenvalue weighted by molar-refractivity contribution is 5.34. The summed E-state index contributed by atoms with van der Waals surface area (Å²) in [6, 6.07) is 1.96. The van der Waals surface area contributed by atoms with Crippen LogP contribution in [0.15, 0.2) is 12.4 Å². The lowest BCUT2D eigenvalue weighted by atomic mass is 10.4. The molecule has 0 aliphatic carbocycles. The van der Waals surface area contributed by atoms with Gasteiger partial charge in [-0.3, -0.25) is 0 Å². The standard InChI is InChI=1S/C11H20N4/c1-4-15(5-2)7-6-12-11-8-10(3)13-9-14-11/h8-9H,4-7H2,1-3H3,(H,12,13,14). The first kappa shape index (κ1) is 11.9. The molecule has 0 amide bonds. The van der Waals surface area contributed by atoms with Gasteiger partial charge in [-0.1, -0.05) is 13.8 Å². The van der Waals surface area contributed by atoms with E-state index >= 15 is 0 Å². The third kappa shape index (κ3) is 4.25. The van der Waals surface area contributed by atoms with Gasteiger partial charge in [-0.15, -0.1) is 0 Å². The summed E-state index contributed by atoms with van der Waals surface area (Å²) in [5.41, 5.74) is 0.996. The summed E-state index contributed by atoms with van der Waals surface area (Å²) in [6.07, 6.45) is 1.59. The average Bonchev–Trinajstić information content (AvgIpc) is 2.25. The molecule has 0 radical (unpaired) electrons. The van der Waals surface area contributed by atoms with Gasteiger partial charge in [-0.05, 0) is 20.0 Å². The molecular weight excluding hydrogens is 188 g/mol. The number of anilines is 1. The predicted octanol–water partition coefficient (Wildman–Crippen LogP) is 1.54. The first-order valence-corrected chi connectivity index (χ1v) is 5.51. The van der Waals surface area contributed by atoms with Crippen molar-refractivity contribution in [3.63, 3.8) is 0 Å². The van der Waals surface area contributed by atoms with Crippen LogP contribution < -0.4 is 5.32 Å². The van der Waals surface area contributed by atoms with Gasteiger partial charge < -0.3 is 10.2 Å². The second-order valence-electron chi connectivity index (χ2n) is 3.50. The van der Waals surface area contributed by atoms with E-state index in [0.29, 0.717) is 0 Å². The van der Waals surface area contributed by atoms with Gasteiger partial charge >= 0.3 is 0 Å². The van der Waals surface area contributed by atoms with Crippen molar-refractivity contribution in [2.75, 3.05) is 31.5 Å². The van der Waals surface area contributed by atoms with Crippen LogP contribution in [0.1, 0.15) is 19.5 Å². The van der Waals surface area contributed by atoms with Crippen LogP contribution in [-0.2, 0) is 0 Å². The van der Waals surface area contributed by atoms with Gasteiger partial charge in [-0.25, -0.2) is 9.97 Å². The van der Waals surface area contributed by atoms with Crippen LogP contribution in [0.5, 0.6) is 0 Å². The van der Waals surface area contributed by atoms with Crippen LogP contribution in [-0.4, -0.2) is 41.0 Å². The molecule has 0 aromatic carbocycles. The number of rotatable bonds is 6. The zero-order chi connectivity index (χ0) is 11.1. The summed E-state index contributed by atoms with van der Waals surface area (Å²) >= 11 is 0. The van der Waals surface area contributed by atoms with Gasteiger partial charge in [0.1, 0.15) is 12.1 Å². The smallest absolute Gasteiger partial charge is 0.129 e. The SMILES string of the molecule is CCN(CC)CCNc1cc(C)ncn1. The molecule has 15 heavy (non-hydrogen) atoms. The summed E-state index contributed by atoms with van der Waals surface area (Å²) in [7, 11) is 0. The van der Waals surface area contributed by atoms with Gasteiger partial charge in [-0.2, -0.15) is 0 Å². The summed E-state index contributed by atoms with van der Waals surface area (Å²) in [6.45, 7) is 10.5. The Morgan fingerprint density at radius 3 is 2.60 bits per heavy atom. The van der Waals surface area contributed by atoms with Crippen molar-refractivity contribution in [2.24, 2.45) is 0 Å². The van der Waals surface area contributed by atoms with E-state index in [-0.39, 0.29) is 0 Å². The second kappa shape index (κ2) is 6.35. The first-order valence-electron chi connectivity index (χ1n) is 5.51. The van der Waals surface area contributed by atoms with E-state index in [0.717, 1.165) is 37.7 Å². The van der Waals surface area contributed by atoms with E-state index < -0.39 is 0 Å². The average molecular weight is 208 g/mol. The molecule has 0 saturated heterocycles. The molecule has 0 atom stereocenters. The molecule has 0 unspecified atom stereocenters. The van der Waals surface area contributed by atoms with Crippen LogP contribution in [0, 0.1) is 6.92 Å². The largest absolute Gasteiger partial charge is 0.369 e. The Morgan fingerprint density at radius 2 is 2.00 bits per heavy atom. The van der Waals surface area contributed by atoms with Crippen molar-refractivity contribution >= 4 is 5.82 Å². The fourth-order valence-electron chi connectivity index (χ4n) is 1.43. The van der Waals surface area contributed by atoms with Gasteiger partial charge in [0.15, 0.2) is 0 Å². The summed E-state index contributed by atoms with van der Waals surface area (Å²) < 4.78 is 0. The molecule has 0 saturated carbocycles. The lowest BCUT2D eigenvalue weighted by molar-refractivity contribution is 0.316. The van der Waals surface area contributed by atoms with Gasteiger partial charge in [0.2, 0.25) is 0 Å². The summed E-state index contributed by atoms with van der Waals surface area (Å²) in [5, 5.41) is 3.29. The summed E-state index contributed by atoms with van der Waals surface area (Å²) in [5.74, 6) is 0.912. The summed E-state index contributed by atoms with van der Waals surface area (Å²) in [4.78, 5) is 10.6. The van der Waals surface area contributed by atoms with Crippen LogP contribution in [0.2, 0.25) is 0 Å². The lowest BCUT2D eigenvalue weighted by Gasteiger charge is -2.18. The van der Waals surface area contributed by atoms with Gasteiger partial charge in [0.25, 0.3) is 0 Å². The van der Waals surface area contributed by atoms with E-state index in [4.69, 9.17) is 0 Å². The molecule has 4 nitrogen and oxygen atoms in total. The van der Waals surface area contributed by atoms with Crippen LogP contribution in [0.25, 0.3) is 0 Å². The highest BCUT2D eigenvalue weighted by atomic mass is 15.1. The molecule has 1 N–H and O–H groups in total. The number of hydrogen-bond donors (Lipinski definition) is 1. The van der Waals surface area contributed by atoms with E-state index in [2.05, 4.69) is 34.0 Å². The number of nitrogens with zero attached hydrogens (tertiary/aromatic N) is 3. The third-order valence-corrected chi connectivity index (χ3v) is 2.43. The van der Waals surface area contributed by atoms with Crippen molar-refractivity contribution in [3.8, 4) is 0 Å². The Hall–Kier alpha value is -1.16. The number of nitrogens with one attached hydrogen (secondary N) is 1. The molecule has 0 aliphatic heterocycles. The van der Waals surface area contributed by atoms with Crippen molar-refractivity contribution in [2.45, 2.75) is 20.8 Å². The molecule has 1 rings (SSSR count). The fraction of sp³-hybridized carbons (Fsp3) is 0.636. The molecule has 0 bridgehead atoms. The zero-order valence-corrected chi connectivity index (χ0v) is 9.82. The molecule has 0 spiro atoms. The monoisotopic (exact) mass is 208 g/mol. The molecular formula is C11H20N4. The highest BCUT2D eigenvalue weighted by Gasteiger charge is 1.98. The Bertz CT molecular complexity index is 284. The highest BCUT2D eigenvalue weighted by Crippen LogP contribution is 2.01. The predicted molar refractivity (Wildman–Crippen MR) is 63.0 cm³/mol. The normalized spacial score (nSPS) is 10.7. The number of aryl methyl sites for hydroxylation is 1. The van der Waals surface area contributed by atoms with E-state index in [9.17, 15) is 0 Å². The molecule has 1 heterocycles. The number of hydrogen-bond acceptors (Lipinski definition) is 4. The van der Waals surface area contributed by atoms with E-state index in [1.54, 1.807) is 6.33 Å². The number of aromatic nitrogens is 2. The van der Waals surface area contributed by atoms with Crippen molar-refractivity contribution < 1.29 is 0 Å². The molecule has 84 valence electrons. The van der Waals surface area contributed by atoms with Gasteiger partial charge in [0, 0.05) is 24.8 Å². The van der Waals surface area contributed by atoms with Crippen LogP contribution in [0.3, 0.4) is 0 Å². The van der Waals surface area contributed by atoms with E-state index in [1.807, 2.05) is 13.0 Å². The minimum atomic E-state index is 0.912. The maximum Gasteiger partial charge on any atom is 0.129 e. The topological polar surface area (TPSA) is 41.0 Å².